The predicted molar refractivity (Wildman–Crippen MR) is 75.4 cm³/mol. The Hall–Kier alpha value is -1.07. The van der Waals surface area contributed by atoms with Crippen LogP contribution >= 0.6 is 0 Å². The molecule has 1 unspecified atom stereocenters. The van der Waals surface area contributed by atoms with Crippen molar-refractivity contribution in [3.05, 3.63) is 12.4 Å². The fourth-order valence-corrected chi connectivity index (χ4v) is 2.31. The van der Waals surface area contributed by atoms with E-state index in [0.29, 0.717) is 6.10 Å². The highest BCUT2D eigenvalue weighted by atomic mass is 16.5. The van der Waals surface area contributed by atoms with Gasteiger partial charge >= 0.3 is 0 Å². The highest BCUT2D eigenvalue weighted by molar-refractivity contribution is 5.25. The van der Waals surface area contributed by atoms with E-state index in [0.717, 1.165) is 51.7 Å². The number of rotatable bonds is 8. The average molecular weight is 267 g/mol. The van der Waals surface area contributed by atoms with Crippen LogP contribution in [0.1, 0.15) is 32.6 Å². The summed E-state index contributed by atoms with van der Waals surface area (Å²) in [4.78, 5) is 4.35. The van der Waals surface area contributed by atoms with Crippen LogP contribution in [0.5, 0.6) is 0 Å². The first kappa shape index (κ1) is 14.3. The maximum atomic E-state index is 5.71. The van der Waals surface area contributed by atoms with Gasteiger partial charge in [0.15, 0.2) is 0 Å². The van der Waals surface area contributed by atoms with E-state index in [2.05, 4.69) is 14.9 Å². The van der Waals surface area contributed by atoms with Gasteiger partial charge in [0, 0.05) is 45.3 Å². The first-order valence-corrected chi connectivity index (χ1v) is 7.34. The molecule has 2 heterocycles. The first-order chi connectivity index (χ1) is 9.40. The van der Waals surface area contributed by atoms with Gasteiger partial charge in [0.2, 0.25) is 5.95 Å². The van der Waals surface area contributed by atoms with Gasteiger partial charge in [0.25, 0.3) is 0 Å². The van der Waals surface area contributed by atoms with Gasteiger partial charge in [-0.15, -0.1) is 0 Å². The molecule has 1 fully saturated rings. The van der Waals surface area contributed by atoms with E-state index in [1.165, 1.54) is 12.8 Å². The number of imidazole rings is 1. The fourth-order valence-electron chi connectivity index (χ4n) is 2.31. The van der Waals surface area contributed by atoms with Crippen LogP contribution in [0, 0.1) is 0 Å². The van der Waals surface area contributed by atoms with E-state index < -0.39 is 0 Å². The summed E-state index contributed by atoms with van der Waals surface area (Å²) in [7, 11) is 0. The van der Waals surface area contributed by atoms with Gasteiger partial charge in [-0.1, -0.05) is 0 Å². The van der Waals surface area contributed by atoms with Crippen molar-refractivity contribution in [2.24, 2.45) is 0 Å². The minimum Gasteiger partial charge on any atom is -0.382 e. The molecule has 0 spiro atoms. The topological polar surface area (TPSA) is 48.3 Å². The molecule has 1 saturated heterocycles. The Morgan fingerprint density at radius 3 is 3.26 bits per heavy atom. The summed E-state index contributed by atoms with van der Waals surface area (Å²) in [5, 5.41) is 3.39. The molecule has 1 aliphatic heterocycles. The van der Waals surface area contributed by atoms with Crippen molar-refractivity contribution < 1.29 is 9.47 Å². The summed E-state index contributed by atoms with van der Waals surface area (Å²) in [6.07, 6.45) is 8.82. The van der Waals surface area contributed by atoms with E-state index in [1.807, 2.05) is 19.3 Å². The van der Waals surface area contributed by atoms with Crippen molar-refractivity contribution in [2.45, 2.75) is 45.3 Å². The molecule has 1 N–H and O–H groups in total. The lowest BCUT2D eigenvalue weighted by atomic mass is 10.1. The van der Waals surface area contributed by atoms with Crippen LogP contribution in [0.25, 0.3) is 0 Å². The van der Waals surface area contributed by atoms with Crippen molar-refractivity contribution in [3.8, 4) is 0 Å². The molecule has 0 saturated carbocycles. The lowest BCUT2D eigenvalue weighted by molar-refractivity contribution is 0.0246. The van der Waals surface area contributed by atoms with Crippen LogP contribution in [0.3, 0.4) is 0 Å². The Morgan fingerprint density at radius 1 is 1.53 bits per heavy atom. The first-order valence-electron chi connectivity index (χ1n) is 7.34. The van der Waals surface area contributed by atoms with E-state index in [4.69, 9.17) is 9.47 Å². The van der Waals surface area contributed by atoms with Crippen molar-refractivity contribution in [3.63, 3.8) is 0 Å². The maximum Gasteiger partial charge on any atom is 0.202 e. The number of nitrogens with one attached hydrogen (secondary N) is 1. The summed E-state index contributed by atoms with van der Waals surface area (Å²) < 4.78 is 13.2. The lowest BCUT2D eigenvalue weighted by Gasteiger charge is -2.23. The summed E-state index contributed by atoms with van der Waals surface area (Å²) in [6.45, 7) is 6.30. The van der Waals surface area contributed by atoms with Crippen LogP contribution in [-0.2, 0) is 16.0 Å². The zero-order valence-corrected chi connectivity index (χ0v) is 11.8. The molecule has 1 aromatic heterocycles. The molecule has 5 heteroatoms. The van der Waals surface area contributed by atoms with E-state index in [9.17, 15) is 0 Å². The molecule has 0 aromatic carbocycles. The molecular weight excluding hydrogens is 242 g/mol. The molecule has 108 valence electrons. The largest absolute Gasteiger partial charge is 0.382 e. The SMILES string of the molecule is CCOCCCn1ccnc1NCC1CCCCO1. The number of hydrogen-bond acceptors (Lipinski definition) is 4. The molecule has 0 radical (unpaired) electrons. The van der Waals surface area contributed by atoms with Crippen LogP contribution < -0.4 is 5.32 Å². The number of nitrogens with zero attached hydrogens (tertiary/aromatic N) is 2. The van der Waals surface area contributed by atoms with Crippen molar-refractivity contribution >= 4 is 5.95 Å². The number of ether oxygens (including phenoxy) is 2. The number of aromatic nitrogens is 2. The van der Waals surface area contributed by atoms with E-state index >= 15 is 0 Å². The summed E-state index contributed by atoms with van der Waals surface area (Å²) in [5.74, 6) is 0.936. The lowest BCUT2D eigenvalue weighted by Crippen LogP contribution is -2.27. The third-order valence-electron chi connectivity index (χ3n) is 3.37. The molecule has 5 nitrogen and oxygen atoms in total. The number of hydrogen-bond donors (Lipinski definition) is 1. The number of aryl methyl sites for hydroxylation is 1. The third kappa shape index (κ3) is 4.84. The van der Waals surface area contributed by atoms with E-state index in [1.54, 1.807) is 0 Å². The van der Waals surface area contributed by atoms with Crippen LogP contribution in [0.2, 0.25) is 0 Å². The molecular formula is C14H25N3O2. The van der Waals surface area contributed by atoms with Crippen LogP contribution in [0.4, 0.5) is 5.95 Å². The minimum absolute atomic E-state index is 0.335. The third-order valence-corrected chi connectivity index (χ3v) is 3.37. The molecule has 1 aliphatic rings. The normalized spacial score (nSPS) is 19.5. The van der Waals surface area contributed by atoms with Crippen molar-refractivity contribution in [1.29, 1.82) is 0 Å². The maximum absolute atomic E-state index is 5.71. The van der Waals surface area contributed by atoms with Gasteiger partial charge in [-0.2, -0.15) is 0 Å². The molecule has 2 rings (SSSR count). The summed E-state index contributed by atoms with van der Waals surface area (Å²) >= 11 is 0. The molecule has 0 bridgehead atoms. The predicted octanol–water partition coefficient (Wildman–Crippen LogP) is 2.29. The Labute approximate surface area is 115 Å². The Kier molecular flexibility index (Phi) is 6.17. The molecule has 1 aromatic rings. The van der Waals surface area contributed by atoms with Gasteiger partial charge in [-0.3, -0.25) is 0 Å². The minimum atomic E-state index is 0.335. The zero-order chi connectivity index (χ0) is 13.3. The van der Waals surface area contributed by atoms with Gasteiger partial charge in [0.05, 0.1) is 6.10 Å². The molecule has 0 amide bonds. The highest BCUT2D eigenvalue weighted by Crippen LogP contribution is 2.13. The molecule has 1 atom stereocenters. The smallest absolute Gasteiger partial charge is 0.202 e. The monoisotopic (exact) mass is 267 g/mol. The van der Waals surface area contributed by atoms with Gasteiger partial charge < -0.3 is 19.4 Å². The Balaban J connectivity index is 1.72. The second kappa shape index (κ2) is 8.17. The Bertz CT molecular complexity index is 348. The molecule has 19 heavy (non-hydrogen) atoms. The Morgan fingerprint density at radius 2 is 2.47 bits per heavy atom. The summed E-state index contributed by atoms with van der Waals surface area (Å²) in [5.41, 5.74) is 0. The second-order valence-electron chi connectivity index (χ2n) is 4.86. The second-order valence-corrected chi connectivity index (χ2v) is 4.86. The van der Waals surface area contributed by atoms with Gasteiger partial charge in [-0.25, -0.2) is 4.98 Å². The summed E-state index contributed by atoms with van der Waals surface area (Å²) in [6, 6.07) is 0. The molecule has 0 aliphatic carbocycles. The standard InChI is InChI=1S/C14H25N3O2/c1-2-18-10-5-8-17-9-7-15-14(17)16-12-13-6-3-4-11-19-13/h7,9,13H,2-6,8,10-12H2,1H3,(H,15,16). The average Bonchev–Trinajstić information content (AvgIpc) is 2.90. The van der Waals surface area contributed by atoms with E-state index in [-0.39, 0.29) is 0 Å². The zero-order valence-electron chi connectivity index (χ0n) is 11.8. The quantitative estimate of drug-likeness (QED) is 0.734. The van der Waals surface area contributed by atoms with Crippen molar-refractivity contribution in [1.82, 2.24) is 9.55 Å². The fraction of sp³-hybridized carbons (Fsp3) is 0.786. The highest BCUT2D eigenvalue weighted by Gasteiger charge is 2.14. The van der Waals surface area contributed by atoms with Crippen LogP contribution in [-0.4, -0.2) is 42.0 Å². The van der Waals surface area contributed by atoms with Gasteiger partial charge in [0.1, 0.15) is 0 Å². The van der Waals surface area contributed by atoms with Gasteiger partial charge in [-0.05, 0) is 32.6 Å². The number of anilines is 1. The van der Waals surface area contributed by atoms with Crippen molar-refractivity contribution in [2.75, 3.05) is 31.7 Å². The van der Waals surface area contributed by atoms with Crippen LogP contribution in [0.15, 0.2) is 12.4 Å².